The van der Waals surface area contributed by atoms with E-state index in [9.17, 15) is 18.4 Å². The summed E-state index contributed by atoms with van der Waals surface area (Å²) in [5.41, 5.74) is 2.38. The molecule has 1 saturated heterocycles. The Hall–Kier alpha value is -3.34. The molecule has 39 heavy (non-hydrogen) atoms. The molecule has 2 fully saturated rings. The Kier molecular flexibility index (Phi) is 7.70. The van der Waals surface area contributed by atoms with Crippen molar-refractivity contribution in [1.29, 1.82) is 0 Å². The van der Waals surface area contributed by atoms with Crippen LogP contribution in [-0.2, 0) is 4.79 Å². The largest absolute Gasteiger partial charge is 0.349 e. The summed E-state index contributed by atoms with van der Waals surface area (Å²) >= 11 is 0. The quantitative estimate of drug-likeness (QED) is 0.589. The average Bonchev–Trinajstić information content (AvgIpc) is 3.00. The second kappa shape index (κ2) is 11.0. The number of rotatable bonds is 5. The third kappa shape index (κ3) is 5.83. The molecule has 2 amide bonds. The first-order valence-corrected chi connectivity index (χ1v) is 13.8. The minimum Gasteiger partial charge on any atom is -0.349 e. The number of hydrogen-bond donors (Lipinski definition) is 2. The number of piperidine rings is 1. The number of hydrogen-bond acceptors (Lipinski definition) is 7. The molecule has 1 aromatic heterocycles. The van der Waals surface area contributed by atoms with E-state index in [4.69, 9.17) is 0 Å². The minimum absolute atomic E-state index is 0.0998. The summed E-state index contributed by atoms with van der Waals surface area (Å²) in [5, 5.41) is 6.32. The monoisotopic (exact) mass is 541 g/mol. The Bertz CT molecular complexity index is 1230. The highest BCUT2D eigenvalue weighted by molar-refractivity contribution is 6.02. The summed E-state index contributed by atoms with van der Waals surface area (Å²) < 4.78 is 29.8. The molecule has 0 bridgehead atoms. The zero-order valence-electron chi connectivity index (χ0n) is 22.8. The lowest BCUT2D eigenvalue weighted by Crippen LogP contribution is -2.49. The Morgan fingerprint density at radius 1 is 1.08 bits per heavy atom. The molecule has 5 rings (SSSR count). The van der Waals surface area contributed by atoms with Gasteiger partial charge < -0.3 is 25.3 Å². The molecule has 3 heterocycles. The highest BCUT2D eigenvalue weighted by Gasteiger charge is 2.48. The first-order valence-electron chi connectivity index (χ1n) is 13.8. The van der Waals surface area contributed by atoms with Gasteiger partial charge in [0.15, 0.2) is 5.82 Å². The molecular formula is C28H37F2N7O2. The van der Waals surface area contributed by atoms with Crippen LogP contribution in [-0.4, -0.2) is 78.4 Å². The van der Waals surface area contributed by atoms with Gasteiger partial charge in [0.25, 0.3) is 11.8 Å². The maximum Gasteiger partial charge on any atom is 0.342 e. The van der Waals surface area contributed by atoms with E-state index in [0.717, 1.165) is 68.5 Å². The fraction of sp³-hybridized carbons (Fsp3) is 0.571. The summed E-state index contributed by atoms with van der Waals surface area (Å²) in [6.07, 6.45) is 7.84. The van der Waals surface area contributed by atoms with Gasteiger partial charge in [-0.25, -0.2) is 4.98 Å². The van der Waals surface area contributed by atoms with E-state index < -0.39 is 18.4 Å². The average molecular weight is 542 g/mol. The van der Waals surface area contributed by atoms with Crippen LogP contribution in [0, 0.1) is 6.92 Å². The Morgan fingerprint density at radius 3 is 2.49 bits per heavy atom. The molecule has 2 aromatic rings. The van der Waals surface area contributed by atoms with Crippen LogP contribution < -0.4 is 20.4 Å². The first kappa shape index (κ1) is 27.2. The molecule has 9 nitrogen and oxygen atoms in total. The van der Waals surface area contributed by atoms with Crippen molar-refractivity contribution >= 4 is 35.0 Å². The molecule has 0 unspecified atom stereocenters. The van der Waals surface area contributed by atoms with Crippen LogP contribution in [0.2, 0.25) is 0 Å². The van der Waals surface area contributed by atoms with Gasteiger partial charge in [0.1, 0.15) is 5.69 Å². The van der Waals surface area contributed by atoms with Crippen molar-refractivity contribution in [2.45, 2.75) is 69.9 Å². The number of aromatic nitrogens is 2. The van der Waals surface area contributed by atoms with Crippen LogP contribution in [0.4, 0.5) is 31.9 Å². The number of fused-ring (bicyclic) bond motifs is 1. The van der Waals surface area contributed by atoms with Crippen LogP contribution in [0.3, 0.4) is 0 Å². The number of anilines is 4. The predicted molar refractivity (Wildman–Crippen MR) is 147 cm³/mol. The van der Waals surface area contributed by atoms with Gasteiger partial charge in [0.2, 0.25) is 5.95 Å². The Morgan fingerprint density at radius 2 is 1.79 bits per heavy atom. The molecule has 0 spiro atoms. The van der Waals surface area contributed by atoms with Crippen molar-refractivity contribution in [1.82, 2.24) is 20.2 Å². The number of amides is 2. The lowest BCUT2D eigenvalue weighted by Gasteiger charge is -2.35. The number of carbonyl (C=O) groups excluding carboxylic acids is 2. The second-order valence-electron chi connectivity index (χ2n) is 11.1. The molecule has 1 aromatic carbocycles. The molecule has 3 aliphatic rings. The second-order valence-corrected chi connectivity index (χ2v) is 11.1. The van der Waals surface area contributed by atoms with Crippen molar-refractivity contribution in [3.63, 3.8) is 0 Å². The van der Waals surface area contributed by atoms with E-state index in [1.165, 1.54) is 13.2 Å². The summed E-state index contributed by atoms with van der Waals surface area (Å²) in [7, 11) is 3.43. The smallest absolute Gasteiger partial charge is 0.342 e. The van der Waals surface area contributed by atoms with Gasteiger partial charge in [-0.05, 0) is 76.5 Å². The van der Waals surface area contributed by atoms with Crippen LogP contribution in [0.1, 0.15) is 60.9 Å². The number of aryl methyl sites for hydroxylation is 1. The fourth-order valence-electron chi connectivity index (χ4n) is 5.77. The summed E-state index contributed by atoms with van der Waals surface area (Å²) in [6.45, 7) is 3.12. The van der Waals surface area contributed by atoms with Gasteiger partial charge in [0.05, 0.1) is 12.7 Å². The lowest BCUT2D eigenvalue weighted by atomic mass is 9.94. The molecule has 2 aliphatic heterocycles. The van der Waals surface area contributed by atoms with E-state index in [1.807, 2.05) is 13.0 Å². The summed E-state index contributed by atoms with van der Waals surface area (Å²) in [4.78, 5) is 39.2. The number of likely N-dealkylation sites (tertiary alicyclic amines) is 1. The van der Waals surface area contributed by atoms with Crippen molar-refractivity contribution < 1.29 is 18.4 Å². The predicted octanol–water partition coefficient (Wildman–Crippen LogP) is 4.10. The van der Waals surface area contributed by atoms with Crippen LogP contribution in [0.15, 0.2) is 24.4 Å². The molecule has 210 valence electrons. The van der Waals surface area contributed by atoms with Gasteiger partial charge >= 0.3 is 5.92 Å². The number of nitrogens with zero attached hydrogens (tertiary/aromatic N) is 5. The normalized spacial score (nSPS) is 20.9. The third-order valence-corrected chi connectivity index (χ3v) is 8.17. The van der Waals surface area contributed by atoms with E-state index in [-0.39, 0.29) is 29.6 Å². The van der Waals surface area contributed by atoms with E-state index >= 15 is 0 Å². The van der Waals surface area contributed by atoms with Crippen molar-refractivity contribution in [2.24, 2.45) is 0 Å². The van der Waals surface area contributed by atoms with E-state index in [0.29, 0.717) is 17.1 Å². The first-order chi connectivity index (χ1) is 18.6. The minimum atomic E-state index is -3.53. The maximum atomic E-state index is 14.9. The van der Waals surface area contributed by atoms with Crippen molar-refractivity contribution in [3.05, 3.63) is 35.5 Å². The molecule has 0 radical (unpaired) electrons. The van der Waals surface area contributed by atoms with Crippen LogP contribution in [0.25, 0.3) is 0 Å². The number of nitrogens with one attached hydrogen (secondary N) is 2. The zero-order valence-corrected chi connectivity index (χ0v) is 22.8. The SMILES string of the molecule is Cc1cc(C(=O)NC2CCN(C)CC2)ccc1Nc1ncc2c(n1)N(C1CCCCC1)CC(F)(F)C(=O)N2C. The van der Waals surface area contributed by atoms with E-state index in [1.54, 1.807) is 17.0 Å². The highest BCUT2D eigenvalue weighted by Crippen LogP contribution is 2.39. The Balaban J connectivity index is 1.37. The molecular weight excluding hydrogens is 504 g/mol. The van der Waals surface area contributed by atoms with Gasteiger partial charge in [0, 0.05) is 30.4 Å². The lowest BCUT2D eigenvalue weighted by molar-refractivity contribution is -0.140. The van der Waals surface area contributed by atoms with E-state index in [2.05, 4.69) is 32.5 Å². The molecule has 2 N–H and O–H groups in total. The standard InChI is InChI=1S/C28H37F2N7O2/c1-18-15-19(25(38)32-20-11-13-35(2)14-12-20)9-10-22(18)33-27-31-16-23-24(34-27)37(21-7-5-4-6-8-21)17-28(29,30)26(39)36(23)3/h9-10,15-16,20-21H,4-8,11-14,17H2,1-3H3,(H,32,38)(H,31,33,34). The number of alkyl halides is 2. The van der Waals surface area contributed by atoms with Crippen molar-refractivity contribution in [3.8, 4) is 0 Å². The third-order valence-electron chi connectivity index (χ3n) is 8.17. The van der Waals surface area contributed by atoms with Gasteiger partial charge in [-0.1, -0.05) is 19.3 Å². The number of carbonyl (C=O) groups is 2. The fourth-order valence-corrected chi connectivity index (χ4v) is 5.77. The topological polar surface area (TPSA) is 93.7 Å². The van der Waals surface area contributed by atoms with Crippen LogP contribution in [0.5, 0.6) is 0 Å². The van der Waals surface area contributed by atoms with Gasteiger partial charge in [-0.3, -0.25) is 9.59 Å². The molecule has 11 heteroatoms. The Labute approximate surface area is 228 Å². The summed E-state index contributed by atoms with van der Waals surface area (Å²) in [5.74, 6) is -4.30. The summed E-state index contributed by atoms with van der Waals surface area (Å²) in [6, 6.07) is 5.43. The molecule has 0 atom stereocenters. The maximum absolute atomic E-state index is 14.9. The van der Waals surface area contributed by atoms with Gasteiger partial charge in [-0.2, -0.15) is 13.8 Å². The van der Waals surface area contributed by atoms with Crippen LogP contribution >= 0.6 is 0 Å². The highest BCUT2D eigenvalue weighted by atomic mass is 19.3. The zero-order chi connectivity index (χ0) is 27.7. The molecule has 1 saturated carbocycles. The van der Waals surface area contributed by atoms with Gasteiger partial charge in [-0.15, -0.1) is 0 Å². The molecule has 1 aliphatic carbocycles. The number of halogens is 2. The number of benzene rings is 1. The van der Waals surface area contributed by atoms with Crippen molar-refractivity contribution in [2.75, 3.05) is 48.8 Å².